The molecule has 3 aromatic heterocycles. The maximum atomic E-state index is 12.5. The highest BCUT2D eigenvalue weighted by molar-refractivity contribution is 7.13. The van der Waals surface area contributed by atoms with Crippen LogP contribution in [0.1, 0.15) is 5.56 Å². The van der Waals surface area contributed by atoms with Gasteiger partial charge in [0.2, 0.25) is 0 Å². The second-order valence-corrected chi connectivity index (χ2v) is 6.80. The maximum Gasteiger partial charge on any atom is 0.268 e. The lowest BCUT2D eigenvalue weighted by Crippen LogP contribution is -2.13. The number of benzene rings is 1. The summed E-state index contributed by atoms with van der Waals surface area (Å²) < 4.78 is 1.72. The third-order valence-electron chi connectivity index (χ3n) is 4.03. The number of nitrogens with zero attached hydrogens (tertiary/aromatic N) is 5. The minimum absolute atomic E-state index is 0.0388. The Morgan fingerprint density at radius 1 is 1.14 bits per heavy atom. The highest BCUT2D eigenvalue weighted by Gasteiger charge is 2.15. The first-order valence-corrected chi connectivity index (χ1v) is 9.50. The third kappa shape index (κ3) is 4.10. The van der Waals surface area contributed by atoms with Crippen LogP contribution in [0.2, 0.25) is 0 Å². The molecule has 0 saturated heterocycles. The summed E-state index contributed by atoms with van der Waals surface area (Å²) >= 11 is 1.28. The molecular weight excluding hydrogens is 384 g/mol. The van der Waals surface area contributed by atoms with Gasteiger partial charge in [-0.05, 0) is 30.3 Å². The highest BCUT2D eigenvalue weighted by atomic mass is 32.1. The number of para-hydroxylation sites is 1. The standard InChI is InChI=1S/C21H14N6OS/c22-13-16(20(28)25-21-24-10-11-29-21)12-17-14-27(18-4-2-1-3-5-18)26-19(17)15-6-8-23-9-7-15/h1-12,14H,(H,24,25,28)/b16-12+. The van der Waals surface area contributed by atoms with Crippen molar-refractivity contribution in [1.29, 1.82) is 5.26 Å². The Bertz CT molecular complexity index is 1190. The highest BCUT2D eigenvalue weighted by Crippen LogP contribution is 2.25. The summed E-state index contributed by atoms with van der Waals surface area (Å²) in [5, 5.41) is 19.0. The largest absolute Gasteiger partial charge is 0.297 e. The van der Waals surface area contributed by atoms with E-state index in [1.165, 1.54) is 17.4 Å². The summed E-state index contributed by atoms with van der Waals surface area (Å²) in [7, 11) is 0. The molecule has 1 amide bonds. The van der Waals surface area contributed by atoms with Crippen molar-refractivity contribution in [2.75, 3.05) is 5.32 Å². The van der Waals surface area contributed by atoms with Crippen molar-refractivity contribution < 1.29 is 4.79 Å². The average molecular weight is 398 g/mol. The molecule has 0 aliphatic carbocycles. The van der Waals surface area contributed by atoms with Crippen LogP contribution in [-0.2, 0) is 4.79 Å². The first kappa shape index (κ1) is 18.3. The molecule has 29 heavy (non-hydrogen) atoms. The van der Waals surface area contributed by atoms with Gasteiger partial charge in [0.25, 0.3) is 5.91 Å². The first-order valence-electron chi connectivity index (χ1n) is 8.63. The molecule has 3 heterocycles. The summed E-state index contributed by atoms with van der Waals surface area (Å²) in [5.74, 6) is -0.518. The quantitative estimate of drug-likeness (QED) is 0.406. The molecule has 0 saturated carbocycles. The number of amides is 1. The van der Waals surface area contributed by atoms with E-state index in [0.717, 1.165) is 11.3 Å². The van der Waals surface area contributed by atoms with Crippen LogP contribution in [0.5, 0.6) is 0 Å². The molecule has 140 valence electrons. The van der Waals surface area contributed by atoms with E-state index in [1.54, 1.807) is 34.8 Å². The van der Waals surface area contributed by atoms with Gasteiger partial charge in [-0.15, -0.1) is 11.3 Å². The van der Waals surface area contributed by atoms with E-state index < -0.39 is 5.91 Å². The molecule has 0 fully saturated rings. The van der Waals surface area contributed by atoms with Crippen LogP contribution in [0, 0.1) is 11.3 Å². The summed E-state index contributed by atoms with van der Waals surface area (Å²) in [6.07, 6.45) is 8.25. The minimum Gasteiger partial charge on any atom is -0.297 e. The monoisotopic (exact) mass is 398 g/mol. The van der Waals surface area contributed by atoms with Crippen molar-refractivity contribution in [3.63, 3.8) is 0 Å². The van der Waals surface area contributed by atoms with E-state index in [-0.39, 0.29) is 5.57 Å². The Hall–Kier alpha value is -4.09. The van der Waals surface area contributed by atoms with Crippen LogP contribution in [0.15, 0.2) is 78.2 Å². The predicted molar refractivity (Wildman–Crippen MR) is 111 cm³/mol. The topological polar surface area (TPSA) is 96.5 Å². The van der Waals surface area contributed by atoms with Crippen molar-refractivity contribution in [2.45, 2.75) is 0 Å². The zero-order chi connectivity index (χ0) is 20.1. The summed E-state index contributed by atoms with van der Waals surface area (Å²) in [5.41, 5.74) is 2.95. The Morgan fingerprint density at radius 2 is 1.93 bits per heavy atom. The lowest BCUT2D eigenvalue weighted by atomic mass is 10.1. The number of aromatic nitrogens is 4. The molecule has 8 heteroatoms. The third-order valence-corrected chi connectivity index (χ3v) is 4.72. The number of nitrogens with one attached hydrogen (secondary N) is 1. The van der Waals surface area contributed by atoms with Gasteiger partial charge in [0.15, 0.2) is 5.13 Å². The van der Waals surface area contributed by atoms with Crippen molar-refractivity contribution in [3.8, 4) is 23.0 Å². The lowest BCUT2D eigenvalue weighted by Gasteiger charge is -2.01. The fourth-order valence-electron chi connectivity index (χ4n) is 2.69. The fraction of sp³-hybridized carbons (Fsp3) is 0. The number of rotatable bonds is 5. The molecule has 0 bridgehead atoms. The van der Waals surface area contributed by atoms with E-state index in [2.05, 4.69) is 20.4 Å². The number of anilines is 1. The number of nitriles is 1. The van der Waals surface area contributed by atoms with Gasteiger partial charge in [0.1, 0.15) is 17.3 Å². The Kier molecular flexibility index (Phi) is 5.23. The normalized spacial score (nSPS) is 11.1. The summed E-state index contributed by atoms with van der Waals surface area (Å²) in [4.78, 5) is 20.6. The Balaban J connectivity index is 1.76. The van der Waals surface area contributed by atoms with Crippen molar-refractivity contribution in [3.05, 3.63) is 83.8 Å². The van der Waals surface area contributed by atoms with Crippen LogP contribution in [0.4, 0.5) is 5.13 Å². The predicted octanol–water partition coefficient (Wildman–Crippen LogP) is 3.94. The van der Waals surface area contributed by atoms with Gasteiger partial charge in [-0.2, -0.15) is 10.4 Å². The summed E-state index contributed by atoms with van der Waals surface area (Å²) in [6.45, 7) is 0. The van der Waals surface area contributed by atoms with Crippen LogP contribution < -0.4 is 5.32 Å². The van der Waals surface area contributed by atoms with E-state index in [4.69, 9.17) is 0 Å². The number of carbonyl (C=O) groups is 1. The smallest absolute Gasteiger partial charge is 0.268 e. The fourth-order valence-corrected chi connectivity index (χ4v) is 3.22. The molecule has 0 radical (unpaired) electrons. The van der Waals surface area contributed by atoms with Crippen LogP contribution in [-0.4, -0.2) is 25.7 Å². The number of hydrogen-bond acceptors (Lipinski definition) is 6. The lowest BCUT2D eigenvalue weighted by molar-refractivity contribution is -0.112. The van der Waals surface area contributed by atoms with Gasteiger partial charge in [0.05, 0.1) is 5.69 Å². The van der Waals surface area contributed by atoms with Crippen LogP contribution >= 0.6 is 11.3 Å². The van der Waals surface area contributed by atoms with Gasteiger partial charge in [-0.3, -0.25) is 15.1 Å². The van der Waals surface area contributed by atoms with Crippen LogP contribution in [0.25, 0.3) is 23.0 Å². The number of pyridine rings is 1. The molecule has 0 unspecified atom stereocenters. The minimum atomic E-state index is -0.518. The second kappa shape index (κ2) is 8.29. The molecule has 0 aliphatic rings. The average Bonchev–Trinajstić information content (AvgIpc) is 3.43. The molecular formula is C21H14N6OS. The van der Waals surface area contributed by atoms with Crippen molar-refractivity contribution >= 4 is 28.5 Å². The SMILES string of the molecule is N#C/C(=C\c1cn(-c2ccccc2)nc1-c1ccncc1)C(=O)Nc1nccs1. The number of hydrogen-bond donors (Lipinski definition) is 1. The second-order valence-electron chi connectivity index (χ2n) is 5.91. The van der Waals surface area contributed by atoms with Gasteiger partial charge in [-0.1, -0.05) is 18.2 Å². The van der Waals surface area contributed by atoms with E-state index >= 15 is 0 Å². The van der Waals surface area contributed by atoms with E-state index in [9.17, 15) is 10.1 Å². The van der Waals surface area contributed by atoms with Gasteiger partial charge >= 0.3 is 0 Å². The van der Waals surface area contributed by atoms with Crippen LogP contribution in [0.3, 0.4) is 0 Å². The molecule has 1 aromatic carbocycles. The molecule has 0 spiro atoms. The van der Waals surface area contributed by atoms with E-state index in [1.807, 2.05) is 48.5 Å². The Morgan fingerprint density at radius 3 is 2.62 bits per heavy atom. The molecule has 7 nitrogen and oxygen atoms in total. The molecule has 0 atom stereocenters. The summed E-state index contributed by atoms with van der Waals surface area (Å²) in [6, 6.07) is 15.2. The van der Waals surface area contributed by atoms with Gasteiger partial charge in [-0.25, -0.2) is 9.67 Å². The Labute approximate surface area is 170 Å². The zero-order valence-electron chi connectivity index (χ0n) is 15.1. The molecule has 4 rings (SSSR count). The molecule has 4 aromatic rings. The molecule has 1 N–H and O–H groups in total. The van der Waals surface area contributed by atoms with E-state index in [0.29, 0.717) is 16.4 Å². The van der Waals surface area contributed by atoms with Crippen molar-refractivity contribution in [1.82, 2.24) is 19.7 Å². The first-order chi connectivity index (χ1) is 14.2. The van der Waals surface area contributed by atoms with Gasteiger partial charge in [0, 0.05) is 41.3 Å². The van der Waals surface area contributed by atoms with Crippen molar-refractivity contribution in [2.24, 2.45) is 0 Å². The number of carbonyl (C=O) groups excluding carboxylic acids is 1. The van der Waals surface area contributed by atoms with Gasteiger partial charge < -0.3 is 0 Å². The zero-order valence-corrected chi connectivity index (χ0v) is 15.9. The number of thiazole rings is 1. The maximum absolute atomic E-state index is 12.5. The molecule has 0 aliphatic heterocycles.